The van der Waals surface area contributed by atoms with Crippen molar-refractivity contribution in [2.75, 3.05) is 5.32 Å². The Morgan fingerprint density at radius 3 is 2.55 bits per heavy atom. The van der Waals surface area contributed by atoms with Gasteiger partial charge in [-0.05, 0) is 48.4 Å². The molecule has 0 atom stereocenters. The minimum absolute atomic E-state index is 0.193. The van der Waals surface area contributed by atoms with Crippen LogP contribution in [0.15, 0.2) is 72.1 Å². The minimum Gasteiger partial charge on any atom is -0.320 e. The Bertz CT molecular complexity index is 1180. The first-order chi connectivity index (χ1) is 15.2. The summed E-state index contributed by atoms with van der Waals surface area (Å²) in [6.45, 7) is 2.03. The van der Waals surface area contributed by atoms with E-state index >= 15 is 0 Å². The summed E-state index contributed by atoms with van der Waals surface area (Å²) in [5.74, 6) is -0.363. The van der Waals surface area contributed by atoms with Gasteiger partial charge in [-0.1, -0.05) is 42.1 Å². The number of halogens is 1. The molecule has 7 nitrogen and oxygen atoms in total. The lowest BCUT2D eigenvalue weighted by Gasteiger charge is -2.10. The number of nitrogens with zero attached hydrogens (tertiary/aromatic N) is 5. The Hall–Kier alpha value is -3.59. The Kier molecular flexibility index (Phi) is 6.32. The number of anilines is 1. The van der Waals surface area contributed by atoms with E-state index in [-0.39, 0.29) is 17.4 Å². The van der Waals surface area contributed by atoms with E-state index in [0.29, 0.717) is 22.3 Å². The molecule has 0 saturated carbocycles. The maximum Gasteiger partial charge on any atom is 0.278 e. The molecule has 1 N–H and O–H groups in total. The summed E-state index contributed by atoms with van der Waals surface area (Å²) in [7, 11) is 0. The first-order valence-corrected chi connectivity index (χ1v) is 10.6. The summed E-state index contributed by atoms with van der Waals surface area (Å²) in [6, 6.07) is 15.2. The largest absolute Gasteiger partial charge is 0.320 e. The number of rotatable bonds is 7. The van der Waals surface area contributed by atoms with Gasteiger partial charge in [0.2, 0.25) is 0 Å². The molecule has 0 fully saturated rings. The molecule has 156 valence electrons. The van der Waals surface area contributed by atoms with E-state index in [0.717, 1.165) is 17.7 Å². The zero-order valence-corrected chi connectivity index (χ0v) is 17.5. The molecule has 0 spiro atoms. The fraction of sp³-hybridized carbons (Fsp3) is 0.136. The van der Waals surface area contributed by atoms with Crippen LogP contribution < -0.4 is 5.32 Å². The molecule has 0 radical (unpaired) electrons. The number of nitrogens with one attached hydrogen (secondary N) is 1. The van der Waals surface area contributed by atoms with Gasteiger partial charge in [-0.15, -0.1) is 5.10 Å². The van der Waals surface area contributed by atoms with E-state index in [2.05, 4.69) is 25.6 Å². The first-order valence-electron chi connectivity index (χ1n) is 9.65. The molecular formula is C22H19FN6OS. The van der Waals surface area contributed by atoms with Gasteiger partial charge in [-0.3, -0.25) is 4.79 Å². The summed E-state index contributed by atoms with van der Waals surface area (Å²) in [5.41, 5.74) is 3.12. The smallest absolute Gasteiger partial charge is 0.278 e. The molecule has 0 aliphatic rings. The van der Waals surface area contributed by atoms with Crippen molar-refractivity contribution in [3.8, 4) is 5.69 Å². The number of hydrogen-bond donors (Lipinski definition) is 1. The van der Waals surface area contributed by atoms with E-state index < -0.39 is 0 Å². The number of hydrogen-bond acceptors (Lipinski definition) is 6. The van der Waals surface area contributed by atoms with Gasteiger partial charge in [-0.2, -0.15) is 0 Å². The van der Waals surface area contributed by atoms with Gasteiger partial charge in [0.15, 0.2) is 10.9 Å². The van der Waals surface area contributed by atoms with Gasteiger partial charge in [-0.25, -0.2) is 19.0 Å². The number of carbonyl (C=O) groups is 1. The molecule has 0 bridgehead atoms. The summed E-state index contributed by atoms with van der Waals surface area (Å²) in [4.78, 5) is 21.5. The lowest BCUT2D eigenvalue weighted by atomic mass is 10.1. The maximum atomic E-state index is 13.4. The lowest BCUT2D eigenvalue weighted by Crippen LogP contribution is -2.16. The number of para-hydroxylation sites is 1. The molecule has 0 saturated heterocycles. The second-order valence-corrected chi connectivity index (χ2v) is 7.50. The van der Waals surface area contributed by atoms with E-state index in [1.54, 1.807) is 30.6 Å². The number of aryl methyl sites for hydroxylation is 1. The van der Waals surface area contributed by atoms with E-state index in [1.807, 2.05) is 31.2 Å². The molecule has 9 heteroatoms. The van der Waals surface area contributed by atoms with Crippen LogP contribution in [0, 0.1) is 5.82 Å². The van der Waals surface area contributed by atoms with Gasteiger partial charge in [0.1, 0.15) is 5.82 Å². The zero-order chi connectivity index (χ0) is 21.6. The van der Waals surface area contributed by atoms with Crippen LogP contribution in [0.2, 0.25) is 0 Å². The third-order valence-electron chi connectivity index (χ3n) is 4.58. The molecule has 2 aromatic carbocycles. The van der Waals surface area contributed by atoms with Crippen molar-refractivity contribution in [1.82, 2.24) is 25.0 Å². The van der Waals surface area contributed by atoms with E-state index in [4.69, 9.17) is 0 Å². The van der Waals surface area contributed by atoms with Gasteiger partial charge >= 0.3 is 0 Å². The molecule has 31 heavy (non-hydrogen) atoms. The molecule has 4 rings (SSSR count). The third-order valence-corrected chi connectivity index (χ3v) is 5.46. The summed E-state index contributed by atoms with van der Waals surface area (Å²) >= 11 is 1.36. The quantitative estimate of drug-likeness (QED) is 0.345. The number of aromatic nitrogens is 5. The highest BCUT2D eigenvalue weighted by Gasteiger charge is 2.22. The van der Waals surface area contributed by atoms with Crippen LogP contribution in [0.5, 0.6) is 0 Å². The van der Waals surface area contributed by atoms with Gasteiger partial charge in [0, 0.05) is 23.8 Å². The second-order valence-electron chi connectivity index (χ2n) is 6.56. The molecule has 4 aromatic rings. The van der Waals surface area contributed by atoms with E-state index in [9.17, 15) is 9.18 Å². The highest BCUT2D eigenvalue weighted by Crippen LogP contribution is 2.24. The van der Waals surface area contributed by atoms with Crippen molar-refractivity contribution < 1.29 is 9.18 Å². The average molecular weight is 435 g/mol. The van der Waals surface area contributed by atoms with Crippen molar-refractivity contribution in [1.29, 1.82) is 0 Å². The molecule has 1 amide bonds. The zero-order valence-electron chi connectivity index (χ0n) is 16.7. The predicted octanol–water partition coefficient (Wildman–Crippen LogP) is 4.30. The van der Waals surface area contributed by atoms with Gasteiger partial charge in [0.05, 0.1) is 11.4 Å². The summed E-state index contributed by atoms with van der Waals surface area (Å²) in [6.07, 6.45) is 4.09. The molecular weight excluding hydrogens is 415 g/mol. The van der Waals surface area contributed by atoms with E-state index in [1.165, 1.54) is 28.6 Å². The van der Waals surface area contributed by atoms with Crippen molar-refractivity contribution in [2.45, 2.75) is 24.3 Å². The Labute approximate surface area is 182 Å². The fourth-order valence-electron chi connectivity index (χ4n) is 3.02. The maximum absolute atomic E-state index is 13.4. The van der Waals surface area contributed by atoms with Crippen LogP contribution in [0.25, 0.3) is 5.69 Å². The first kappa shape index (κ1) is 20.7. The van der Waals surface area contributed by atoms with Crippen LogP contribution in [0.1, 0.15) is 28.7 Å². The van der Waals surface area contributed by atoms with Crippen LogP contribution in [-0.2, 0) is 12.2 Å². The molecule has 0 unspecified atom stereocenters. The lowest BCUT2D eigenvalue weighted by molar-refractivity contribution is 0.102. The molecule has 2 aromatic heterocycles. The number of thioether (sulfide) groups is 1. The molecule has 2 heterocycles. The van der Waals surface area contributed by atoms with Crippen molar-refractivity contribution >= 4 is 23.4 Å². The van der Waals surface area contributed by atoms with Crippen molar-refractivity contribution in [3.63, 3.8) is 0 Å². The average Bonchev–Trinajstić information content (AvgIpc) is 3.23. The highest BCUT2D eigenvalue weighted by molar-refractivity contribution is 7.98. The molecule has 0 aliphatic carbocycles. The highest BCUT2D eigenvalue weighted by atomic mass is 32.2. The molecule has 0 aliphatic heterocycles. The second kappa shape index (κ2) is 9.48. The van der Waals surface area contributed by atoms with Crippen LogP contribution >= 0.6 is 11.8 Å². The monoisotopic (exact) mass is 434 g/mol. The van der Waals surface area contributed by atoms with Crippen LogP contribution in [0.3, 0.4) is 0 Å². The van der Waals surface area contributed by atoms with Crippen molar-refractivity contribution in [2.24, 2.45) is 0 Å². The normalized spacial score (nSPS) is 10.8. The Balaban J connectivity index is 1.67. The summed E-state index contributed by atoms with van der Waals surface area (Å²) < 4.78 is 14.9. The number of amides is 1. The SMILES string of the molecule is CCc1ccccc1NC(=O)c1nnn(-c2ccc(F)cc2)c1CSc1ncccn1. The Morgan fingerprint density at radius 1 is 1.06 bits per heavy atom. The number of benzene rings is 2. The van der Waals surface area contributed by atoms with Crippen LogP contribution in [-0.4, -0.2) is 30.9 Å². The van der Waals surface area contributed by atoms with Crippen LogP contribution in [0.4, 0.5) is 10.1 Å². The van der Waals surface area contributed by atoms with Gasteiger partial charge < -0.3 is 5.32 Å². The van der Waals surface area contributed by atoms with Gasteiger partial charge in [0.25, 0.3) is 5.91 Å². The standard InChI is InChI=1S/C22H19FN6OS/c1-2-15-6-3-4-7-18(15)26-21(30)20-19(14-31-22-24-12-5-13-25-22)29(28-27-20)17-10-8-16(23)9-11-17/h3-13H,2,14H2,1H3,(H,26,30). The third kappa shape index (κ3) is 4.77. The summed E-state index contributed by atoms with van der Waals surface area (Å²) in [5, 5.41) is 11.8. The predicted molar refractivity (Wildman–Crippen MR) is 117 cm³/mol. The Morgan fingerprint density at radius 2 is 1.81 bits per heavy atom. The fourth-order valence-corrected chi connectivity index (χ4v) is 3.82. The number of carbonyl (C=O) groups excluding carboxylic acids is 1. The van der Waals surface area contributed by atoms with Crippen molar-refractivity contribution in [3.05, 3.63) is 89.8 Å². The minimum atomic E-state index is -0.362. The topological polar surface area (TPSA) is 85.6 Å².